The van der Waals surface area contributed by atoms with Gasteiger partial charge in [-0.15, -0.1) is 0 Å². The molecular formula is C73H136N2O7P+. The number of carbonyl (C=O) groups excluding carboxylic acids is 2. The van der Waals surface area contributed by atoms with E-state index in [2.05, 4.69) is 86.8 Å². The fraction of sp³-hybridized carbons (Fsp3) is 0.808. The number of phosphoric acid groups is 1. The summed E-state index contributed by atoms with van der Waals surface area (Å²) in [5.74, 6) is -0.507. The van der Waals surface area contributed by atoms with Crippen molar-refractivity contribution >= 4 is 19.7 Å². The Morgan fingerprint density at radius 1 is 0.434 bits per heavy atom. The van der Waals surface area contributed by atoms with Crippen LogP contribution in [0.2, 0.25) is 0 Å². The van der Waals surface area contributed by atoms with Gasteiger partial charge < -0.3 is 19.4 Å². The molecule has 0 saturated heterocycles. The second-order valence-electron chi connectivity index (χ2n) is 25.0. The summed E-state index contributed by atoms with van der Waals surface area (Å²) in [6.07, 6.45) is 82.0. The number of likely N-dealkylation sites (N-methyl/N-ethyl adjacent to an activating group) is 1. The number of allylic oxidation sites excluding steroid dienone is 11. The quantitative estimate of drug-likeness (QED) is 0.0205. The predicted molar refractivity (Wildman–Crippen MR) is 360 cm³/mol. The molecule has 9 nitrogen and oxygen atoms in total. The maximum atomic E-state index is 13.6. The highest BCUT2D eigenvalue weighted by molar-refractivity contribution is 7.47. The third kappa shape index (κ3) is 63.8. The van der Waals surface area contributed by atoms with Gasteiger partial charge >= 0.3 is 13.8 Å². The first-order chi connectivity index (χ1) is 40.4. The van der Waals surface area contributed by atoms with Gasteiger partial charge in [-0.25, -0.2) is 4.57 Å². The topological polar surface area (TPSA) is 111 Å². The third-order valence-corrected chi connectivity index (χ3v) is 16.6. The van der Waals surface area contributed by atoms with Gasteiger partial charge in [-0.05, 0) is 76.7 Å². The molecule has 0 spiro atoms. The molecule has 0 aliphatic carbocycles. The van der Waals surface area contributed by atoms with Gasteiger partial charge in [0.2, 0.25) is 5.91 Å². The summed E-state index contributed by atoms with van der Waals surface area (Å²) in [6, 6.07) is -0.854. The zero-order valence-corrected chi connectivity index (χ0v) is 56.3. The average molecular weight is 1180 g/mol. The Balaban J connectivity index is 5.05. The molecule has 484 valence electrons. The number of hydrogen-bond acceptors (Lipinski definition) is 6. The highest BCUT2D eigenvalue weighted by atomic mass is 31.2. The summed E-state index contributed by atoms with van der Waals surface area (Å²) in [5.41, 5.74) is 0. The van der Waals surface area contributed by atoms with Gasteiger partial charge in [0.05, 0.1) is 33.8 Å². The smallest absolute Gasteiger partial charge is 0.456 e. The van der Waals surface area contributed by atoms with E-state index in [-0.39, 0.29) is 31.5 Å². The normalized spacial score (nSPS) is 14.0. The molecule has 83 heavy (non-hydrogen) atoms. The van der Waals surface area contributed by atoms with Crippen LogP contribution in [0, 0.1) is 0 Å². The number of nitrogens with one attached hydrogen (secondary N) is 1. The van der Waals surface area contributed by atoms with E-state index in [1.165, 1.54) is 193 Å². The lowest BCUT2D eigenvalue weighted by molar-refractivity contribution is -0.870. The minimum atomic E-state index is -4.46. The number of nitrogens with zero attached hydrogens (tertiary/aromatic N) is 1. The Kier molecular flexibility index (Phi) is 60.6. The van der Waals surface area contributed by atoms with Crippen molar-refractivity contribution in [1.29, 1.82) is 0 Å². The summed E-state index contributed by atoms with van der Waals surface area (Å²) in [7, 11) is 1.49. The maximum absolute atomic E-state index is 13.6. The molecule has 0 radical (unpaired) electrons. The molecule has 1 amide bonds. The standard InChI is InChI=1S/C73H135N2O7P/c1-7-10-13-16-19-22-25-27-29-31-33-35-37-39-41-43-45-47-50-53-56-59-62-65-72(76)74-70(69-81-83(78,79)80-68-67-75(4,5)6)71(64-61-58-55-52-49-24-21-18-15-12-9-3)82-73(77)66-63-60-57-54-51-48-46-44-42-40-38-36-34-32-30-28-26-23-20-17-14-11-8-2/h11,14,20,23,28,30,34,36,40,42,61,64,70-71H,7-10,12-13,15-19,21-22,24-27,29,31-33,35,37-39,41,43-60,62-63,65-69H2,1-6H3,(H-,74,76,78,79)/p+1/b14-11-,23-20-,30-28-,36-34-,42-40-,64-61+. The van der Waals surface area contributed by atoms with Crippen LogP contribution < -0.4 is 5.32 Å². The molecule has 0 aromatic carbocycles. The van der Waals surface area contributed by atoms with Crippen molar-refractivity contribution in [2.24, 2.45) is 0 Å². The van der Waals surface area contributed by atoms with Crippen molar-refractivity contribution < 1.29 is 37.3 Å². The molecule has 3 unspecified atom stereocenters. The Morgan fingerprint density at radius 3 is 1.16 bits per heavy atom. The number of carbonyl (C=O) groups is 2. The third-order valence-electron chi connectivity index (χ3n) is 15.7. The van der Waals surface area contributed by atoms with Gasteiger partial charge in [0.1, 0.15) is 19.3 Å². The lowest BCUT2D eigenvalue weighted by Gasteiger charge is -2.27. The van der Waals surface area contributed by atoms with Crippen molar-refractivity contribution in [3.63, 3.8) is 0 Å². The number of amides is 1. The lowest BCUT2D eigenvalue weighted by atomic mass is 10.0. The Morgan fingerprint density at radius 2 is 0.771 bits per heavy atom. The number of esters is 1. The molecule has 2 N–H and O–H groups in total. The van der Waals surface area contributed by atoms with Crippen LogP contribution in [0.5, 0.6) is 0 Å². The van der Waals surface area contributed by atoms with E-state index in [9.17, 15) is 19.0 Å². The van der Waals surface area contributed by atoms with Crippen molar-refractivity contribution in [2.75, 3.05) is 40.9 Å². The van der Waals surface area contributed by atoms with Crippen LogP contribution in [-0.4, -0.2) is 74.3 Å². The van der Waals surface area contributed by atoms with Gasteiger partial charge in [0.25, 0.3) is 0 Å². The number of quaternary nitrogens is 1. The molecule has 0 aromatic heterocycles. The van der Waals surface area contributed by atoms with Gasteiger partial charge in [-0.3, -0.25) is 18.6 Å². The maximum Gasteiger partial charge on any atom is 0.472 e. The van der Waals surface area contributed by atoms with E-state index in [1.807, 2.05) is 33.3 Å². The van der Waals surface area contributed by atoms with Crippen LogP contribution in [0.25, 0.3) is 0 Å². The zero-order chi connectivity index (χ0) is 60.7. The van der Waals surface area contributed by atoms with Crippen LogP contribution in [-0.2, 0) is 27.9 Å². The van der Waals surface area contributed by atoms with Crippen molar-refractivity contribution in [2.45, 2.75) is 341 Å². The molecule has 0 aromatic rings. The lowest BCUT2D eigenvalue weighted by Crippen LogP contribution is -2.47. The Labute approximate surface area is 514 Å². The molecule has 0 aliphatic rings. The molecule has 0 fully saturated rings. The van der Waals surface area contributed by atoms with Crippen LogP contribution in [0.1, 0.15) is 329 Å². The minimum absolute atomic E-state index is 0.0377. The zero-order valence-electron chi connectivity index (χ0n) is 55.4. The first-order valence-corrected chi connectivity index (χ1v) is 36.8. The monoisotopic (exact) mass is 1180 g/mol. The van der Waals surface area contributed by atoms with E-state index in [0.29, 0.717) is 17.4 Å². The highest BCUT2D eigenvalue weighted by Gasteiger charge is 2.30. The van der Waals surface area contributed by atoms with E-state index < -0.39 is 20.0 Å². The first kappa shape index (κ1) is 80.5. The van der Waals surface area contributed by atoms with Crippen molar-refractivity contribution in [3.05, 3.63) is 72.9 Å². The largest absolute Gasteiger partial charge is 0.472 e. The Hall–Kier alpha value is -2.55. The molecule has 0 heterocycles. The molecule has 0 bridgehead atoms. The summed E-state index contributed by atoms with van der Waals surface area (Å²) < 4.78 is 30.8. The number of hydrogen-bond donors (Lipinski definition) is 2. The molecule has 3 atom stereocenters. The fourth-order valence-corrected chi connectivity index (χ4v) is 11.0. The van der Waals surface area contributed by atoms with E-state index in [1.54, 1.807) is 0 Å². The SMILES string of the molecule is CC/C=C\C/C=C\C/C=C\C/C=C\C/C=C\CCCCCCCCCC(=O)OC(/C=C/CCCCCCCCCCC)C(COP(=O)(O)OCC[N+](C)(C)C)NC(=O)CCCCCCCCCCCCCCCCCCCCCCCCC. The van der Waals surface area contributed by atoms with Crippen LogP contribution >= 0.6 is 7.82 Å². The van der Waals surface area contributed by atoms with E-state index in [0.717, 1.165) is 103 Å². The van der Waals surface area contributed by atoms with E-state index >= 15 is 0 Å². The average Bonchev–Trinajstić information content (AvgIpc) is 3.51. The molecule has 0 saturated carbocycles. The second-order valence-corrected chi connectivity index (χ2v) is 26.5. The minimum Gasteiger partial charge on any atom is -0.456 e. The highest BCUT2D eigenvalue weighted by Crippen LogP contribution is 2.43. The summed E-state index contributed by atoms with van der Waals surface area (Å²) in [6.45, 7) is 6.93. The molecular weight excluding hydrogens is 1050 g/mol. The van der Waals surface area contributed by atoms with Crippen LogP contribution in [0.3, 0.4) is 0 Å². The van der Waals surface area contributed by atoms with Gasteiger partial charge in [0, 0.05) is 12.8 Å². The predicted octanol–water partition coefficient (Wildman–Crippen LogP) is 22.3. The fourth-order valence-electron chi connectivity index (χ4n) is 10.3. The summed E-state index contributed by atoms with van der Waals surface area (Å²) in [5, 5.41) is 3.07. The number of rotatable bonds is 64. The number of ether oxygens (including phenoxy) is 1. The van der Waals surface area contributed by atoms with Crippen LogP contribution in [0.15, 0.2) is 72.9 Å². The van der Waals surface area contributed by atoms with Gasteiger partial charge in [-0.1, -0.05) is 312 Å². The van der Waals surface area contributed by atoms with Gasteiger partial charge in [0.15, 0.2) is 0 Å². The van der Waals surface area contributed by atoms with Crippen LogP contribution in [0.4, 0.5) is 0 Å². The second kappa shape index (κ2) is 62.5. The van der Waals surface area contributed by atoms with Gasteiger partial charge in [-0.2, -0.15) is 0 Å². The number of phosphoric ester groups is 1. The summed E-state index contributed by atoms with van der Waals surface area (Å²) in [4.78, 5) is 37.9. The van der Waals surface area contributed by atoms with Crippen molar-refractivity contribution in [3.8, 4) is 0 Å². The number of unbranched alkanes of at least 4 members (excludes halogenated alkanes) is 38. The Bertz CT molecular complexity index is 1650. The first-order valence-electron chi connectivity index (χ1n) is 35.3. The molecule has 0 aliphatic heterocycles. The molecule has 0 rings (SSSR count). The van der Waals surface area contributed by atoms with E-state index in [4.69, 9.17) is 13.8 Å². The van der Waals surface area contributed by atoms with Crippen molar-refractivity contribution in [1.82, 2.24) is 5.32 Å². The summed E-state index contributed by atoms with van der Waals surface area (Å²) >= 11 is 0. The molecule has 10 heteroatoms.